The molecular weight excluding hydrogens is 454 g/mol. The first-order valence-corrected chi connectivity index (χ1v) is 12.0. The van der Waals surface area contributed by atoms with Gasteiger partial charge in [0.25, 0.3) is 5.56 Å². The molecule has 1 aliphatic rings. The van der Waals surface area contributed by atoms with Gasteiger partial charge in [0.15, 0.2) is 6.23 Å². The summed E-state index contributed by atoms with van der Waals surface area (Å²) in [7, 11) is 0. The van der Waals surface area contributed by atoms with Gasteiger partial charge in [-0.05, 0) is 23.6 Å². The summed E-state index contributed by atoms with van der Waals surface area (Å²) in [5, 5.41) is 10.2. The number of morpholine rings is 1. The van der Waals surface area contributed by atoms with Crippen LogP contribution in [0.3, 0.4) is 0 Å². The Morgan fingerprint density at radius 3 is 1.83 bits per heavy atom. The number of ether oxygens (including phenoxy) is 1. The van der Waals surface area contributed by atoms with Gasteiger partial charge in [0.1, 0.15) is 0 Å². The van der Waals surface area contributed by atoms with Gasteiger partial charge in [-0.2, -0.15) is 0 Å². The molecule has 0 radical (unpaired) electrons. The highest BCUT2D eigenvalue weighted by Gasteiger charge is 2.46. The number of hydrogen-bond donors (Lipinski definition) is 2. The van der Waals surface area contributed by atoms with Gasteiger partial charge in [-0.25, -0.2) is 4.79 Å². The number of aliphatic hydroxyl groups excluding tert-OH is 1. The second-order valence-electron chi connectivity index (χ2n) is 9.09. The first kappa shape index (κ1) is 23.9. The number of aliphatic hydroxyl groups is 1. The Kier molecular flexibility index (Phi) is 6.69. The maximum Gasteiger partial charge on any atom is 0.330 e. The van der Waals surface area contributed by atoms with E-state index in [1.165, 1.54) is 10.8 Å². The van der Waals surface area contributed by atoms with E-state index in [9.17, 15) is 14.7 Å². The lowest BCUT2D eigenvalue weighted by Gasteiger charge is -2.50. The van der Waals surface area contributed by atoms with Gasteiger partial charge >= 0.3 is 5.69 Å². The first-order chi connectivity index (χ1) is 17.5. The Morgan fingerprint density at radius 2 is 1.36 bits per heavy atom. The van der Waals surface area contributed by atoms with E-state index in [1.807, 2.05) is 54.6 Å². The van der Waals surface area contributed by atoms with Crippen molar-refractivity contribution in [3.8, 4) is 0 Å². The van der Waals surface area contributed by atoms with Crippen LogP contribution in [0.1, 0.15) is 28.5 Å². The molecule has 1 fully saturated rings. The van der Waals surface area contributed by atoms with Gasteiger partial charge in [-0.3, -0.25) is 19.2 Å². The van der Waals surface area contributed by atoms with E-state index in [0.29, 0.717) is 18.7 Å². The van der Waals surface area contributed by atoms with E-state index in [4.69, 9.17) is 4.74 Å². The largest absolute Gasteiger partial charge is 0.394 e. The number of rotatable bonds is 6. The van der Waals surface area contributed by atoms with Crippen molar-refractivity contribution in [1.29, 1.82) is 0 Å². The van der Waals surface area contributed by atoms with Crippen LogP contribution in [-0.2, 0) is 10.3 Å². The highest BCUT2D eigenvalue weighted by atomic mass is 16.5. The number of aromatic amines is 1. The standard InChI is InChI=1S/C29H29N3O4/c1-21-17-32(28(35)30-27(21)34)26-19-31(18-25(20-33)36-26)29(22-11-5-2-6-12-22,23-13-7-3-8-14-23)24-15-9-4-10-16-24/h2-17,25-26,33H,18-20H2,1H3,(H,30,34,35)/t25-,26-/m1/s1. The molecule has 5 rings (SSSR count). The van der Waals surface area contributed by atoms with Crippen molar-refractivity contribution in [3.05, 3.63) is 140 Å². The minimum absolute atomic E-state index is 0.210. The average Bonchev–Trinajstić information content (AvgIpc) is 2.93. The number of aromatic nitrogens is 2. The third kappa shape index (κ3) is 4.22. The molecule has 0 spiro atoms. The van der Waals surface area contributed by atoms with Gasteiger partial charge in [-0.15, -0.1) is 0 Å². The molecule has 1 saturated heterocycles. The number of nitrogens with zero attached hydrogens (tertiary/aromatic N) is 2. The molecule has 7 nitrogen and oxygen atoms in total. The first-order valence-electron chi connectivity index (χ1n) is 12.0. The molecule has 4 aromatic rings. The third-order valence-corrected chi connectivity index (χ3v) is 6.86. The summed E-state index contributed by atoms with van der Waals surface area (Å²) in [6.07, 6.45) is 0.270. The van der Waals surface area contributed by atoms with Crippen LogP contribution in [0.25, 0.3) is 0 Å². The van der Waals surface area contributed by atoms with E-state index in [2.05, 4.69) is 46.3 Å². The quantitative estimate of drug-likeness (QED) is 0.412. The van der Waals surface area contributed by atoms with Gasteiger partial charge in [0, 0.05) is 24.8 Å². The number of nitrogens with one attached hydrogen (secondary N) is 1. The molecule has 2 atom stereocenters. The predicted octanol–water partition coefficient (Wildman–Crippen LogP) is 3.03. The van der Waals surface area contributed by atoms with Crippen LogP contribution in [-0.4, -0.2) is 45.4 Å². The third-order valence-electron chi connectivity index (χ3n) is 6.86. The molecular formula is C29H29N3O4. The van der Waals surface area contributed by atoms with Crippen LogP contribution < -0.4 is 11.2 Å². The average molecular weight is 484 g/mol. The fourth-order valence-corrected chi connectivity index (χ4v) is 5.23. The lowest BCUT2D eigenvalue weighted by molar-refractivity contribution is -0.151. The molecule has 0 bridgehead atoms. The maximum atomic E-state index is 12.8. The van der Waals surface area contributed by atoms with Crippen LogP contribution >= 0.6 is 0 Å². The van der Waals surface area contributed by atoms with Gasteiger partial charge in [0.2, 0.25) is 0 Å². The van der Waals surface area contributed by atoms with Crippen LogP contribution in [0.15, 0.2) is 107 Å². The van der Waals surface area contributed by atoms with Gasteiger partial charge in [0.05, 0.1) is 18.2 Å². The van der Waals surface area contributed by atoms with Crippen molar-refractivity contribution in [2.45, 2.75) is 24.8 Å². The number of H-pyrrole nitrogens is 1. The normalized spacial score (nSPS) is 18.7. The van der Waals surface area contributed by atoms with Crippen LogP contribution in [0.5, 0.6) is 0 Å². The zero-order valence-electron chi connectivity index (χ0n) is 20.1. The number of aryl methyl sites for hydroxylation is 1. The fraction of sp³-hybridized carbons (Fsp3) is 0.241. The zero-order chi connectivity index (χ0) is 25.1. The molecule has 0 saturated carbocycles. The molecule has 1 aliphatic heterocycles. The Hall–Kier alpha value is -3.78. The molecule has 0 aliphatic carbocycles. The summed E-state index contributed by atoms with van der Waals surface area (Å²) >= 11 is 0. The summed E-state index contributed by atoms with van der Waals surface area (Å²) in [5.41, 5.74) is 1.91. The van der Waals surface area contributed by atoms with Gasteiger partial charge < -0.3 is 9.84 Å². The summed E-state index contributed by atoms with van der Waals surface area (Å²) in [5.74, 6) is 0. The minimum atomic E-state index is -0.722. The van der Waals surface area contributed by atoms with Gasteiger partial charge in [-0.1, -0.05) is 91.0 Å². The zero-order valence-corrected chi connectivity index (χ0v) is 20.1. The van der Waals surface area contributed by atoms with E-state index in [0.717, 1.165) is 16.7 Å². The summed E-state index contributed by atoms with van der Waals surface area (Å²) in [6, 6.07) is 30.7. The topological polar surface area (TPSA) is 87.6 Å². The van der Waals surface area contributed by atoms with Crippen LogP contribution in [0.2, 0.25) is 0 Å². The second kappa shape index (κ2) is 10.1. The van der Waals surface area contributed by atoms with Crippen molar-refractivity contribution < 1.29 is 9.84 Å². The predicted molar refractivity (Wildman–Crippen MR) is 138 cm³/mol. The van der Waals surface area contributed by atoms with Crippen LogP contribution in [0.4, 0.5) is 0 Å². The van der Waals surface area contributed by atoms with Crippen molar-refractivity contribution >= 4 is 0 Å². The Bertz CT molecular complexity index is 1320. The summed E-state index contributed by atoms with van der Waals surface area (Å²) in [4.78, 5) is 29.5. The maximum absolute atomic E-state index is 12.8. The van der Waals surface area contributed by atoms with E-state index in [-0.39, 0.29) is 6.61 Å². The molecule has 184 valence electrons. The van der Waals surface area contributed by atoms with Crippen molar-refractivity contribution in [1.82, 2.24) is 14.5 Å². The molecule has 0 unspecified atom stereocenters. The van der Waals surface area contributed by atoms with E-state index in [1.54, 1.807) is 6.92 Å². The summed E-state index contributed by atoms with van der Waals surface area (Å²) < 4.78 is 7.59. The van der Waals surface area contributed by atoms with Crippen molar-refractivity contribution in [3.63, 3.8) is 0 Å². The lowest BCUT2D eigenvalue weighted by Crippen LogP contribution is -2.58. The monoisotopic (exact) mass is 483 g/mol. The number of benzene rings is 3. The fourth-order valence-electron chi connectivity index (χ4n) is 5.23. The smallest absolute Gasteiger partial charge is 0.330 e. The SMILES string of the molecule is Cc1cn([C@H]2CN(C(c3ccccc3)(c3ccccc3)c3ccccc3)C[C@H](CO)O2)c(=O)[nH]c1=O. The molecule has 2 heterocycles. The Labute approximate surface area is 209 Å². The minimum Gasteiger partial charge on any atom is -0.394 e. The van der Waals surface area contributed by atoms with Crippen molar-refractivity contribution in [2.24, 2.45) is 0 Å². The van der Waals surface area contributed by atoms with E-state index >= 15 is 0 Å². The second-order valence-corrected chi connectivity index (χ2v) is 9.09. The van der Waals surface area contributed by atoms with Crippen LogP contribution in [0, 0.1) is 6.92 Å². The highest BCUT2D eigenvalue weighted by Crippen LogP contribution is 2.44. The number of hydrogen-bond acceptors (Lipinski definition) is 5. The van der Waals surface area contributed by atoms with Crippen molar-refractivity contribution in [2.75, 3.05) is 19.7 Å². The molecule has 36 heavy (non-hydrogen) atoms. The molecule has 1 aromatic heterocycles. The summed E-state index contributed by atoms with van der Waals surface area (Å²) in [6.45, 7) is 2.23. The highest BCUT2D eigenvalue weighted by molar-refractivity contribution is 5.49. The Balaban J connectivity index is 1.74. The molecule has 0 amide bonds. The molecule has 7 heteroatoms. The Morgan fingerprint density at radius 1 is 0.861 bits per heavy atom. The molecule has 3 aromatic carbocycles. The van der Waals surface area contributed by atoms with E-state index < -0.39 is 29.1 Å². The lowest BCUT2D eigenvalue weighted by atomic mass is 9.75. The molecule has 2 N–H and O–H groups in total.